The molecule has 3 rings (SSSR count). The first-order valence-electron chi connectivity index (χ1n) is 5.05. The lowest BCUT2D eigenvalue weighted by molar-refractivity contribution is 1.31. The molecule has 0 spiro atoms. The van der Waals surface area contributed by atoms with Gasteiger partial charge in [0.2, 0.25) is 0 Å². The number of fused-ring (bicyclic) bond motifs is 1. The predicted molar refractivity (Wildman–Crippen MR) is 72.6 cm³/mol. The van der Waals surface area contributed by atoms with Crippen LogP contribution in [0.2, 0.25) is 0 Å². The maximum atomic E-state index is 11.1. The van der Waals surface area contributed by atoms with Gasteiger partial charge in [0.15, 0.2) is 10.8 Å². The van der Waals surface area contributed by atoms with E-state index >= 15 is 0 Å². The molecule has 3 aromatic rings. The molecule has 2 heterocycles. The number of rotatable bonds is 2. The molecule has 0 radical (unpaired) electrons. The summed E-state index contributed by atoms with van der Waals surface area (Å²) in [5.74, 6) is 0. The molecule has 4 nitrogen and oxygen atoms in total. The molecule has 0 fully saturated rings. The molecule has 0 aliphatic rings. The number of aryl methyl sites for hydroxylation is 1. The summed E-state index contributed by atoms with van der Waals surface area (Å²) < 4.78 is 0.922. The predicted octanol–water partition coefficient (Wildman–Crippen LogP) is 3.10. The van der Waals surface area contributed by atoms with Gasteiger partial charge in [-0.05, 0) is 18.6 Å². The first-order valence-corrected chi connectivity index (χ1v) is 6.68. The van der Waals surface area contributed by atoms with Gasteiger partial charge in [-0.1, -0.05) is 40.9 Å². The third-order valence-corrected chi connectivity index (χ3v) is 4.32. The van der Waals surface area contributed by atoms with Crippen LogP contribution in [-0.4, -0.2) is 9.97 Å². The number of nitrogens with zero attached hydrogens (tertiary/aromatic N) is 1. The van der Waals surface area contributed by atoms with Crippen molar-refractivity contribution in [3.05, 3.63) is 39.5 Å². The number of benzene rings is 1. The molecule has 86 valence electrons. The van der Waals surface area contributed by atoms with Crippen LogP contribution < -0.4 is 10.2 Å². The SMILES string of the molecule is Cc1ccccc1Nc1nc2[nH]c(=O)sc2s1. The summed E-state index contributed by atoms with van der Waals surface area (Å²) in [6, 6.07) is 8.03. The van der Waals surface area contributed by atoms with Crippen LogP contribution in [-0.2, 0) is 0 Å². The number of para-hydroxylation sites is 1. The van der Waals surface area contributed by atoms with E-state index in [2.05, 4.69) is 15.3 Å². The molecule has 17 heavy (non-hydrogen) atoms. The molecule has 2 N–H and O–H groups in total. The number of aromatic nitrogens is 2. The van der Waals surface area contributed by atoms with Crippen molar-refractivity contribution in [3.63, 3.8) is 0 Å². The van der Waals surface area contributed by atoms with E-state index in [9.17, 15) is 4.79 Å². The van der Waals surface area contributed by atoms with Crippen molar-refractivity contribution in [1.29, 1.82) is 0 Å². The zero-order valence-corrected chi connectivity index (χ0v) is 10.6. The number of hydrogen-bond donors (Lipinski definition) is 2. The van der Waals surface area contributed by atoms with Gasteiger partial charge in [-0.3, -0.25) is 9.78 Å². The van der Waals surface area contributed by atoms with E-state index in [-0.39, 0.29) is 4.87 Å². The Kier molecular flexibility index (Phi) is 2.45. The highest BCUT2D eigenvalue weighted by molar-refractivity contribution is 7.38. The zero-order valence-electron chi connectivity index (χ0n) is 8.98. The van der Waals surface area contributed by atoms with Crippen molar-refractivity contribution < 1.29 is 0 Å². The first kappa shape index (κ1) is 10.5. The molecule has 0 bridgehead atoms. The summed E-state index contributed by atoms with van der Waals surface area (Å²) in [5.41, 5.74) is 2.87. The fraction of sp³-hybridized carbons (Fsp3) is 0.0909. The molecule has 2 aromatic heterocycles. The molecule has 0 saturated carbocycles. The van der Waals surface area contributed by atoms with Gasteiger partial charge >= 0.3 is 4.87 Å². The molecule has 0 unspecified atom stereocenters. The average molecular weight is 263 g/mol. The van der Waals surface area contributed by atoms with Crippen LogP contribution in [0.1, 0.15) is 5.56 Å². The van der Waals surface area contributed by atoms with Crippen molar-refractivity contribution in [2.75, 3.05) is 5.32 Å². The van der Waals surface area contributed by atoms with E-state index in [4.69, 9.17) is 0 Å². The second-order valence-corrected chi connectivity index (χ2v) is 5.85. The maximum absolute atomic E-state index is 11.1. The Hall–Kier alpha value is -1.66. The molecule has 0 aliphatic heterocycles. The van der Waals surface area contributed by atoms with E-state index in [0.29, 0.717) is 5.65 Å². The van der Waals surface area contributed by atoms with E-state index in [1.807, 2.05) is 31.2 Å². The lowest BCUT2D eigenvalue weighted by Gasteiger charge is -2.04. The Morgan fingerprint density at radius 1 is 1.29 bits per heavy atom. The summed E-state index contributed by atoms with van der Waals surface area (Å²) in [7, 11) is 0. The van der Waals surface area contributed by atoms with Gasteiger partial charge in [0, 0.05) is 5.69 Å². The van der Waals surface area contributed by atoms with Gasteiger partial charge in [-0.15, -0.1) is 0 Å². The van der Waals surface area contributed by atoms with Gasteiger partial charge in [0.05, 0.1) is 0 Å². The second-order valence-electron chi connectivity index (χ2n) is 3.61. The Labute approximate surface area is 105 Å². The third kappa shape index (κ3) is 1.96. The van der Waals surface area contributed by atoms with E-state index < -0.39 is 0 Å². The zero-order chi connectivity index (χ0) is 11.8. The monoisotopic (exact) mass is 263 g/mol. The Morgan fingerprint density at radius 2 is 2.12 bits per heavy atom. The summed E-state index contributed by atoms with van der Waals surface area (Å²) >= 11 is 2.68. The van der Waals surface area contributed by atoms with Crippen LogP contribution in [0, 0.1) is 6.92 Å². The third-order valence-electron chi connectivity index (χ3n) is 2.39. The standard InChI is InChI=1S/C11H9N3OS2/c1-6-4-2-3-5-7(6)12-10-13-8-9(16-10)17-11(15)14-8/h2-5H,1H3,(H,12,13)(H,14,15). The highest BCUT2D eigenvalue weighted by atomic mass is 32.2. The number of aromatic amines is 1. The summed E-state index contributed by atoms with van der Waals surface area (Å²) in [6.45, 7) is 2.04. The number of thiazole rings is 2. The van der Waals surface area contributed by atoms with Gasteiger partial charge in [0.25, 0.3) is 0 Å². The van der Waals surface area contributed by atoms with Crippen molar-refractivity contribution in [2.45, 2.75) is 6.92 Å². The molecular formula is C11H9N3OS2. The van der Waals surface area contributed by atoms with Crippen LogP contribution in [0.15, 0.2) is 29.1 Å². The highest BCUT2D eigenvalue weighted by Crippen LogP contribution is 2.29. The lowest BCUT2D eigenvalue weighted by Crippen LogP contribution is -1.93. The first-order chi connectivity index (χ1) is 8.22. The van der Waals surface area contributed by atoms with Gasteiger partial charge in [0.1, 0.15) is 4.01 Å². The van der Waals surface area contributed by atoms with Crippen LogP contribution in [0.4, 0.5) is 10.8 Å². The largest absolute Gasteiger partial charge is 0.331 e. The molecule has 0 atom stereocenters. The number of nitrogens with one attached hydrogen (secondary N) is 2. The molecule has 1 aromatic carbocycles. The van der Waals surface area contributed by atoms with Crippen molar-refractivity contribution >= 4 is 43.2 Å². The molecule has 6 heteroatoms. The quantitative estimate of drug-likeness (QED) is 0.747. The smallest absolute Gasteiger partial charge is 0.307 e. The normalized spacial score (nSPS) is 10.9. The second kappa shape index (κ2) is 3.97. The average Bonchev–Trinajstić information content (AvgIpc) is 2.78. The van der Waals surface area contributed by atoms with Crippen LogP contribution in [0.3, 0.4) is 0 Å². The highest BCUT2D eigenvalue weighted by Gasteiger charge is 2.08. The minimum atomic E-state index is -0.0545. The molecular weight excluding hydrogens is 254 g/mol. The summed E-state index contributed by atoms with van der Waals surface area (Å²) in [4.78, 5) is 18.1. The Balaban J connectivity index is 1.97. The Bertz CT molecular complexity index is 691. The minimum Gasteiger partial charge on any atom is -0.331 e. The van der Waals surface area contributed by atoms with Crippen molar-refractivity contribution in [2.24, 2.45) is 0 Å². The van der Waals surface area contributed by atoms with Crippen LogP contribution >= 0.6 is 22.7 Å². The van der Waals surface area contributed by atoms with Crippen molar-refractivity contribution in [1.82, 2.24) is 9.97 Å². The van der Waals surface area contributed by atoms with Crippen molar-refractivity contribution in [3.8, 4) is 0 Å². The number of H-pyrrole nitrogens is 1. The van der Waals surface area contributed by atoms with Gasteiger partial charge in [-0.2, -0.15) is 0 Å². The number of hydrogen-bond acceptors (Lipinski definition) is 5. The fourth-order valence-electron chi connectivity index (χ4n) is 1.54. The molecule has 0 amide bonds. The van der Waals surface area contributed by atoms with E-state index in [1.54, 1.807) is 0 Å². The van der Waals surface area contributed by atoms with Gasteiger partial charge in [-0.25, -0.2) is 4.98 Å². The van der Waals surface area contributed by atoms with E-state index in [1.165, 1.54) is 28.2 Å². The maximum Gasteiger partial charge on any atom is 0.307 e. The molecule has 0 aliphatic carbocycles. The minimum absolute atomic E-state index is 0.0545. The topological polar surface area (TPSA) is 57.8 Å². The van der Waals surface area contributed by atoms with E-state index in [0.717, 1.165) is 14.8 Å². The Morgan fingerprint density at radius 3 is 2.88 bits per heavy atom. The summed E-state index contributed by atoms with van der Waals surface area (Å²) in [5, 5.41) is 4.06. The van der Waals surface area contributed by atoms with Gasteiger partial charge < -0.3 is 5.32 Å². The lowest BCUT2D eigenvalue weighted by atomic mass is 10.2. The summed E-state index contributed by atoms with van der Waals surface area (Å²) in [6.07, 6.45) is 0. The fourth-order valence-corrected chi connectivity index (χ4v) is 3.35. The van der Waals surface area contributed by atoms with Crippen LogP contribution in [0.25, 0.3) is 9.66 Å². The molecule has 0 saturated heterocycles. The van der Waals surface area contributed by atoms with Crippen LogP contribution in [0.5, 0.6) is 0 Å². The number of anilines is 2.